The van der Waals surface area contributed by atoms with Gasteiger partial charge in [-0.1, -0.05) is 30.3 Å². The molecule has 124 valence electrons. The van der Waals surface area contributed by atoms with Crippen molar-refractivity contribution in [2.24, 2.45) is 0 Å². The Kier molecular flexibility index (Phi) is 4.65. The molecule has 0 aromatic heterocycles. The van der Waals surface area contributed by atoms with Crippen LogP contribution in [-0.4, -0.2) is 18.6 Å². The molecule has 1 heterocycles. The van der Waals surface area contributed by atoms with Gasteiger partial charge in [-0.2, -0.15) is 0 Å². The predicted molar refractivity (Wildman–Crippen MR) is 88.8 cm³/mol. The third-order valence-corrected chi connectivity index (χ3v) is 3.63. The monoisotopic (exact) mass is 326 g/mol. The molecule has 1 aliphatic rings. The van der Waals surface area contributed by atoms with E-state index in [1.807, 2.05) is 30.3 Å². The average molecular weight is 326 g/mol. The molecule has 0 saturated carbocycles. The van der Waals surface area contributed by atoms with E-state index in [1.54, 1.807) is 18.2 Å². The van der Waals surface area contributed by atoms with Crippen LogP contribution in [0.3, 0.4) is 0 Å². The Morgan fingerprint density at radius 2 is 1.83 bits per heavy atom. The molecule has 0 fully saturated rings. The van der Waals surface area contributed by atoms with E-state index in [9.17, 15) is 9.59 Å². The van der Waals surface area contributed by atoms with Gasteiger partial charge in [0.25, 0.3) is 0 Å². The summed E-state index contributed by atoms with van der Waals surface area (Å²) in [6, 6.07) is 14.2. The Bertz CT molecular complexity index is 746. The summed E-state index contributed by atoms with van der Waals surface area (Å²) in [6.45, 7) is 1.62. The maximum atomic E-state index is 12.3. The standard InChI is InChI=1S/C18H18N2O4/c1-12(21)19-15(13-5-3-2-4-6-13)10-18(22)20-14-7-8-16-17(9-14)24-11-23-16/h2-9,15H,10-11H2,1H3,(H,19,21)(H,20,22)/t15-/m0/s1. The lowest BCUT2D eigenvalue weighted by Crippen LogP contribution is -2.29. The topological polar surface area (TPSA) is 76.7 Å². The van der Waals surface area contributed by atoms with Gasteiger partial charge in [-0.25, -0.2) is 0 Å². The van der Waals surface area contributed by atoms with Crippen molar-refractivity contribution in [3.63, 3.8) is 0 Å². The number of hydrogen-bond donors (Lipinski definition) is 2. The molecule has 1 aliphatic heterocycles. The molecular weight excluding hydrogens is 308 g/mol. The van der Waals surface area contributed by atoms with Crippen LogP contribution in [0.2, 0.25) is 0 Å². The van der Waals surface area contributed by atoms with E-state index in [-0.39, 0.29) is 31.1 Å². The smallest absolute Gasteiger partial charge is 0.231 e. The van der Waals surface area contributed by atoms with Crippen LogP contribution in [0.25, 0.3) is 0 Å². The Balaban J connectivity index is 1.68. The van der Waals surface area contributed by atoms with E-state index in [0.717, 1.165) is 5.56 Å². The van der Waals surface area contributed by atoms with Gasteiger partial charge in [0.1, 0.15) is 0 Å². The van der Waals surface area contributed by atoms with Gasteiger partial charge in [-0.15, -0.1) is 0 Å². The van der Waals surface area contributed by atoms with Crippen molar-refractivity contribution in [2.75, 3.05) is 12.1 Å². The molecule has 0 radical (unpaired) electrons. The number of hydrogen-bond acceptors (Lipinski definition) is 4. The second kappa shape index (κ2) is 7.04. The molecule has 0 saturated heterocycles. The second-order valence-corrected chi connectivity index (χ2v) is 5.48. The van der Waals surface area contributed by atoms with Gasteiger partial charge in [0.15, 0.2) is 11.5 Å². The van der Waals surface area contributed by atoms with Gasteiger partial charge >= 0.3 is 0 Å². The zero-order valence-corrected chi connectivity index (χ0v) is 13.2. The maximum Gasteiger partial charge on any atom is 0.231 e. The molecule has 3 rings (SSSR count). The van der Waals surface area contributed by atoms with Crippen LogP contribution in [0.5, 0.6) is 11.5 Å². The summed E-state index contributed by atoms with van der Waals surface area (Å²) >= 11 is 0. The summed E-state index contributed by atoms with van der Waals surface area (Å²) in [5, 5.41) is 5.63. The normalized spacial score (nSPS) is 13.2. The van der Waals surface area contributed by atoms with Crippen LogP contribution in [0, 0.1) is 0 Å². The summed E-state index contributed by atoms with van der Waals surface area (Å²) < 4.78 is 10.5. The van der Waals surface area contributed by atoms with Gasteiger partial charge in [0.2, 0.25) is 18.6 Å². The molecule has 0 unspecified atom stereocenters. The molecule has 24 heavy (non-hydrogen) atoms. The first-order valence-electron chi connectivity index (χ1n) is 7.63. The average Bonchev–Trinajstić information content (AvgIpc) is 3.02. The van der Waals surface area contributed by atoms with Crippen LogP contribution in [0.1, 0.15) is 24.9 Å². The number of benzene rings is 2. The van der Waals surface area contributed by atoms with Crippen LogP contribution in [-0.2, 0) is 9.59 Å². The molecule has 6 nitrogen and oxygen atoms in total. The minimum atomic E-state index is -0.377. The summed E-state index contributed by atoms with van der Waals surface area (Å²) in [5.74, 6) is 0.888. The van der Waals surface area contributed by atoms with E-state index in [1.165, 1.54) is 6.92 Å². The van der Waals surface area contributed by atoms with E-state index in [4.69, 9.17) is 9.47 Å². The lowest BCUT2D eigenvalue weighted by atomic mass is 10.0. The number of carbonyl (C=O) groups is 2. The molecule has 6 heteroatoms. The van der Waals surface area contributed by atoms with Crippen molar-refractivity contribution >= 4 is 17.5 Å². The van der Waals surface area contributed by atoms with Crippen molar-refractivity contribution in [1.29, 1.82) is 0 Å². The molecule has 2 aromatic rings. The van der Waals surface area contributed by atoms with E-state index < -0.39 is 0 Å². The number of rotatable bonds is 5. The van der Waals surface area contributed by atoms with Crippen molar-refractivity contribution in [2.45, 2.75) is 19.4 Å². The van der Waals surface area contributed by atoms with Gasteiger partial charge < -0.3 is 20.1 Å². The first-order chi connectivity index (χ1) is 11.6. The number of nitrogens with one attached hydrogen (secondary N) is 2. The fourth-order valence-electron chi connectivity index (χ4n) is 2.55. The van der Waals surface area contributed by atoms with Crippen LogP contribution in [0.15, 0.2) is 48.5 Å². The number of fused-ring (bicyclic) bond motifs is 1. The second-order valence-electron chi connectivity index (χ2n) is 5.48. The molecule has 1 atom stereocenters. The molecule has 2 aromatic carbocycles. The van der Waals surface area contributed by atoms with Gasteiger partial charge in [0.05, 0.1) is 12.5 Å². The summed E-state index contributed by atoms with van der Waals surface area (Å²) in [4.78, 5) is 23.8. The van der Waals surface area contributed by atoms with E-state index in [2.05, 4.69) is 10.6 Å². The fraction of sp³-hybridized carbons (Fsp3) is 0.222. The SMILES string of the molecule is CC(=O)N[C@@H](CC(=O)Nc1ccc2c(c1)OCO2)c1ccccc1. The molecule has 0 bridgehead atoms. The van der Waals surface area contributed by atoms with Crippen molar-refractivity contribution in [3.05, 3.63) is 54.1 Å². The predicted octanol–water partition coefficient (Wildman–Crippen LogP) is 2.62. The highest BCUT2D eigenvalue weighted by Gasteiger charge is 2.18. The summed E-state index contributed by atoms with van der Waals surface area (Å²) in [6.07, 6.45) is 0.137. The number of carbonyl (C=O) groups excluding carboxylic acids is 2. The molecule has 0 spiro atoms. The first-order valence-corrected chi connectivity index (χ1v) is 7.63. The third-order valence-electron chi connectivity index (χ3n) is 3.63. The zero-order chi connectivity index (χ0) is 16.9. The highest BCUT2D eigenvalue weighted by molar-refractivity contribution is 5.92. The molecular formula is C18H18N2O4. The van der Waals surface area contributed by atoms with Gasteiger partial charge in [-0.3, -0.25) is 9.59 Å². The van der Waals surface area contributed by atoms with Crippen LogP contribution >= 0.6 is 0 Å². The minimum Gasteiger partial charge on any atom is -0.454 e. The van der Waals surface area contributed by atoms with Gasteiger partial charge in [-0.05, 0) is 17.7 Å². The molecule has 2 amide bonds. The lowest BCUT2D eigenvalue weighted by Gasteiger charge is -2.18. The number of amides is 2. The number of ether oxygens (including phenoxy) is 2. The van der Waals surface area contributed by atoms with Crippen LogP contribution in [0.4, 0.5) is 5.69 Å². The lowest BCUT2D eigenvalue weighted by molar-refractivity contribution is -0.120. The first kappa shape index (κ1) is 15.9. The largest absolute Gasteiger partial charge is 0.454 e. The minimum absolute atomic E-state index is 0.137. The Morgan fingerprint density at radius 3 is 2.58 bits per heavy atom. The maximum absolute atomic E-state index is 12.3. The highest BCUT2D eigenvalue weighted by atomic mass is 16.7. The van der Waals surface area contributed by atoms with Crippen molar-refractivity contribution < 1.29 is 19.1 Å². The van der Waals surface area contributed by atoms with Crippen LogP contribution < -0.4 is 20.1 Å². The quantitative estimate of drug-likeness (QED) is 0.885. The van der Waals surface area contributed by atoms with Gasteiger partial charge in [0, 0.05) is 18.7 Å². The fourth-order valence-corrected chi connectivity index (χ4v) is 2.55. The zero-order valence-electron chi connectivity index (χ0n) is 13.2. The highest BCUT2D eigenvalue weighted by Crippen LogP contribution is 2.34. The summed E-state index contributed by atoms with van der Waals surface area (Å²) in [5.41, 5.74) is 1.51. The van der Waals surface area contributed by atoms with Crippen molar-refractivity contribution in [1.82, 2.24) is 5.32 Å². The van der Waals surface area contributed by atoms with E-state index >= 15 is 0 Å². The Labute approximate surface area is 139 Å². The Hall–Kier alpha value is -3.02. The van der Waals surface area contributed by atoms with E-state index in [0.29, 0.717) is 17.2 Å². The molecule has 2 N–H and O–H groups in total. The third kappa shape index (κ3) is 3.84. The number of anilines is 1. The molecule has 0 aliphatic carbocycles. The Morgan fingerprint density at radius 1 is 1.08 bits per heavy atom. The van der Waals surface area contributed by atoms with Crippen molar-refractivity contribution in [3.8, 4) is 11.5 Å². The summed E-state index contributed by atoms with van der Waals surface area (Å²) in [7, 11) is 0.